The molecule has 0 radical (unpaired) electrons. The third-order valence-corrected chi connectivity index (χ3v) is 7.50. The fraction of sp³-hybridized carbons (Fsp3) is 0.179. The molecule has 6 nitrogen and oxygen atoms in total. The number of amides is 2. The van der Waals surface area contributed by atoms with Crippen LogP contribution in [0.15, 0.2) is 83.8 Å². The highest BCUT2D eigenvalue weighted by Gasteiger charge is 2.22. The van der Waals surface area contributed by atoms with Gasteiger partial charge in [-0.3, -0.25) is 9.59 Å². The molecule has 1 saturated heterocycles. The van der Waals surface area contributed by atoms with E-state index >= 15 is 0 Å². The van der Waals surface area contributed by atoms with E-state index in [1.54, 1.807) is 24.3 Å². The van der Waals surface area contributed by atoms with E-state index in [4.69, 9.17) is 35.4 Å². The van der Waals surface area contributed by atoms with Crippen molar-refractivity contribution in [1.82, 2.24) is 10.2 Å². The molecule has 4 rings (SSSR count). The van der Waals surface area contributed by atoms with Crippen molar-refractivity contribution in [3.8, 4) is 0 Å². The lowest BCUT2D eigenvalue weighted by molar-refractivity contribution is -0.126. The lowest BCUT2D eigenvalue weighted by Gasteiger charge is -2.36. The maximum atomic E-state index is 12.7. The van der Waals surface area contributed by atoms with E-state index in [1.807, 2.05) is 65.6 Å². The summed E-state index contributed by atoms with van der Waals surface area (Å²) in [4.78, 5) is 30.0. The zero-order valence-corrected chi connectivity index (χ0v) is 23.5. The van der Waals surface area contributed by atoms with Gasteiger partial charge in [-0.05, 0) is 66.3 Å². The van der Waals surface area contributed by atoms with Gasteiger partial charge in [0.05, 0.1) is 17.1 Å². The second-order valence-electron chi connectivity index (χ2n) is 8.46. The smallest absolute Gasteiger partial charge is 0.246 e. The Kier molecular flexibility index (Phi) is 10.1. The number of thioether (sulfide) groups is 1. The summed E-state index contributed by atoms with van der Waals surface area (Å²) in [5, 5.41) is 7.22. The average Bonchev–Trinajstić information content (AvgIpc) is 2.92. The van der Waals surface area contributed by atoms with Gasteiger partial charge in [0.2, 0.25) is 11.8 Å². The molecule has 0 bridgehead atoms. The standard InChI is InChI=1S/C28H26Cl2N4O2S2/c29-21-7-10-23(11-8-21)38-19-26(35)32-28(37)31-24-18-22(30)9-12-25(24)33-14-16-34(17-15-33)27(36)13-6-20-4-2-1-3-5-20/h1-13,18H,14-17,19H2,(H2,31,32,35,37)/b13-6+. The molecule has 0 aliphatic carbocycles. The van der Waals surface area contributed by atoms with Crippen LogP contribution in [-0.2, 0) is 9.59 Å². The monoisotopic (exact) mass is 584 g/mol. The van der Waals surface area contributed by atoms with Crippen molar-refractivity contribution in [2.24, 2.45) is 0 Å². The van der Waals surface area contributed by atoms with Crippen molar-refractivity contribution in [3.63, 3.8) is 0 Å². The van der Waals surface area contributed by atoms with E-state index in [-0.39, 0.29) is 22.7 Å². The van der Waals surface area contributed by atoms with E-state index in [0.29, 0.717) is 41.9 Å². The van der Waals surface area contributed by atoms with E-state index in [1.165, 1.54) is 11.8 Å². The van der Waals surface area contributed by atoms with E-state index in [9.17, 15) is 9.59 Å². The number of hydrogen-bond donors (Lipinski definition) is 2. The topological polar surface area (TPSA) is 64.7 Å². The Morgan fingerprint density at radius 2 is 1.61 bits per heavy atom. The van der Waals surface area contributed by atoms with Crippen LogP contribution in [0.5, 0.6) is 0 Å². The first-order valence-electron chi connectivity index (χ1n) is 11.9. The summed E-state index contributed by atoms with van der Waals surface area (Å²) >= 11 is 19.0. The molecule has 10 heteroatoms. The van der Waals surface area contributed by atoms with Crippen molar-refractivity contribution < 1.29 is 9.59 Å². The van der Waals surface area contributed by atoms with E-state index in [2.05, 4.69) is 15.5 Å². The van der Waals surface area contributed by atoms with Gasteiger partial charge >= 0.3 is 0 Å². The number of thiocarbonyl (C=S) groups is 1. The minimum atomic E-state index is -0.221. The Labute approximate surface area is 242 Å². The fourth-order valence-corrected chi connectivity index (χ4v) is 5.11. The van der Waals surface area contributed by atoms with Gasteiger partial charge in [0.1, 0.15) is 0 Å². The van der Waals surface area contributed by atoms with Crippen LogP contribution in [-0.4, -0.2) is 53.8 Å². The van der Waals surface area contributed by atoms with Gasteiger partial charge in [0.15, 0.2) is 5.11 Å². The molecule has 196 valence electrons. The summed E-state index contributed by atoms with van der Waals surface area (Å²) in [6, 6.07) is 22.5. The molecule has 0 saturated carbocycles. The molecule has 1 aliphatic rings. The molecule has 1 fully saturated rings. The van der Waals surface area contributed by atoms with Gasteiger partial charge < -0.3 is 20.4 Å². The predicted molar refractivity (Wildman–Crippen MR) is 162 cm³/mol. The van der Waals surface area contributed by atoms with Crippen molar-refractivity contribution in [2.45, 2.75) is 4.90 Å². The molecule has 0 aromatic heterocycles. The van der Waals surface area contributed by atoms with Gasteiger partial charge in [0.25, 0.3) is 0 Å². The van der Waals surface area contributed by atoms with Crippen molar-refractivity contribution in [2.75, 3.05) is 42.1 Å². The van der Waals surface area contributed by atoms with Crippen LogP contribution in [0.4, 0.5) is 11.4 Å². The zero-order chi connectivity index (χ0) is 26.9. The lowest BCUT2D eigenvalue weighted by atomic mass is 10.2. The van der Waals surface area contributed by atoms with Crippen LogP contribution in [0.3, 0.4) is 0 Å². The minimum Gasteiger partial charge on any atom is -0.366 e. The summed E-state index contributed by atoms with van der Waals surface area (Å²) in [5.74, 6) is -0.0226. The molecule has 3 aromatic rings. The third-order valence-electron chi connectivity index (χ3n) is 5.79. The lowest BCUT2D eigenvalue weighted by Crippen LogP contribution is -2.48. The molecule has 1 aliphatic heterocycles. The number of carbonyl (C=O) groups excluding carboxylic acids is 2. The largest absolute Gasteiger partial charge is 0.366 e. The van der Waals surface area contributed by atoms with E-state index < -0.39 is 0 Å². The minimum absolute atomic E-state index is 0.0108. The van der Waals surface area contributed by atoms with Crippen LogP contribution in [0.2, 0.25) is 10.0 Å². The van der Waals surface area contributed by atoms with Crippen LogP contribution in [0.1, 0.15) is 5.56 Å². The molecule has 1 heterocycles. The quantitative estimate of drug-likeness (QED) is 0.203. The number of rotatable bonds is 7. The normalized spacial score (nSPS) is 13.4. The van der Waals surface area contributed by atoms with Crippen molar-refractivity contribution >= 4 is 81.6 Å². The number of halogens is 2. The second-order valence-corrected chi connectivity index (χ2v) is 10.8. The predicted octanol–water partition coefficient (Wildman–Crippen LogP) is 5.96. The number of carbonyl (C=O) groups is 2. The van der Waals surface area contributed by atoms with Crippen LogP contribution in [0, 0.1) is 0 Å². The summed E-state index contributed by atoms with van der Waals surface area (Å²) < 4.78 is 0. The number of nitrogens with zero attached hydrogens (tertiary/aromatic N) is 2. The molecular formula is C28H26Cl2N4O2S2. The van der Waals surface area contributed by atoms with Gasteiger partial charge in [-0.2, -0.15) is 0 Å². The highest BCUT2D eigenvalue weighted by molar-refractivity contribution is 8.00. The van der Waals surface area contributed by atoms with Crippen molar-refractivity contribution in [1.29, 1.82) is 0 Å². The maximum absolute atomic E-state index is 12.7. The number of nitrogens with one attached hydrogen (secondary N) is 2. The first-order valence-corrected chi connectivity index (χ1v) is 14.1. The SMILES string of the molecule is O=C(CSc1ccc(Cl)cc1)NC(=S)Nc1cc(Cl)ccc1N1CCN(C(=O)/C=C/c2ccccc2)CC1. The molecule has 38 heavy (non-hydrogen) atoms. The third kappa shape index (κ3) is 8.23. The highest BCUT2D eigenvalue weighted by atomic mass is 35.5. The first-order chi connectivity index (χ1) is 18.4. The zero-order valence-electron chi connectivity index (χ0n) is 20.4. The number of anilines is 2. The molecule has 0 atom stereocenters. The Hall–Kier alpha value is -3.04. The molecular weight excluding hydrogens is 559 g/mol. The van der Waals surface area contributed by atoms with Gasteiger partial charge in [-0.1, -0.05) is 53.5 Å². The summed E-state index contributed by atoms with van der Waals surface area (Å²) in [7, 11) is 0. The molecule has 0 unspecified atom stereocenters. The van der Waals surface area contributed by atoms with Crippen molar-refractivity contribution in [3.05, 3.63) is 94.5 Å². The van der Waals surface area contributed by atoms with Crippen LogP contribution in [0.25, 0.3) is 6.08 Å². The van der Waals surface area contributed by atoms with Crippen LogP contribution >= 0.6 is 47.2 Å². The highest BCUT2D eigenvalue weighted by Crippen LogP contribution is 2.30. The number of piperazine rings is 1. The first kappa shape index (κ1) is 28.0. The molecule has 3 aromatic carbocycles. The molecule has 0 spiro atoms. The average molecular weight is 586 g/mol. The summed E-state index contributed by atoms with van der Waals surface area (Å²) in [5.41, 5.74) is 2.58. The second kappa shape index (κ2) is 13.7. The fourth-order valence-electron chi connectivity index (χ4n) is 3.88. The van der Waals surface area contributed by atoms with Crippen LogP contribution < -0.4 is 15.5 Å². The number of benzene rings is 3. The van der Waals surface area contributed by atoms with Gasteiger partial charge in [-0.15, -0.1) is 11.8 Å². The summed E-state index contributed by atoms with van der Waals surface area (Å²) in [6.07, 6.45) is 3.45. The summed E-state index contributed by atoms with van der Waals surface area (Å²) in [6.45, 7) is 2.47. The maximum Gasteiger partial charge on any atom is 0.246 e. The number of hydrogen-bond acceptors (Lipinski definition) is 5. The van der Waals surface area contributed by atoms with E-state index in [0.717, 1.165) is 16.1 Å². The Morgan fingerprint density at radius 3 is 2.32 bits per heavy atom. The Balaban J connectivity index is 1.31. The molecule has 2 amide bonds. The molecule has 2 N–H and O–H groups in total. The van der Waals surface area contributed by atoms with Gasteiger partial charge in [-0.25, -0.2) is 0 Å². The Morgan fingerprint density at radius 1 is 0.921 bits per heavy atom. The van der Waals surface area contributed by atoms with Gasteiger partial charge in [0, 0.05) is 47.2 Å². The Bertz CT molecular complexity index is 1310.